The first-order valence-electron chi connectivity index (χ1n) is 0.775. The number of hydrogen-bond donors (Lipinski definition) is 3. The van der Waals surface area contributed by atoms with Crippen LogP contribution in [0.2, 0.25) is 0 Å². The molecule has 0 fully saturated rings. The van der Waals surface area contributed by atoms with E-state index >= 15 is 0 Å². The van der Waals surface area contributed by atoms with Gasteiger partial charge in [-0.3, -0.25) is 0 Å². The van der Waals surface area contributed by atoms with Gasteiger partial charge in [0.15, 0.2) is 0 Å². The van der Waals surface area contributed by atoms with Crippen molar-refractivity contribution in [3.63, 3.8) is 0 Å². The minimum Gasteiger partial charge on any atom is -1.00 e. The molecule has 0 aliphatic heterocycles. The molecule has 36 valence electrons. The minimum atomic E-state index is -2.17. The molecule has 0 heterocycles. The third-order valence-electron chi connectivity index (χ3n) is 0. The predicted octanol–water partition coefficient (Wildman–Crippen LogP) is -3.03. The van der Waals surface area contributed by atoms with Gasteiger partial charge in [0.2, 0.25) is 0 Å². The van der Waals surface area contributed by atoms with Crippen molar-refractivity contribution in [3.05, 3.63) is 0 Å². The zero-order valence-corrected chi connectivity index (χ0v) is 6.60. The smallest absolute Gasteiger partial charge is 1.00 e. The molecule has 0 saturated heterocycles. The molecule has 0 radical (unpaired) electrons. The van der Waals surface area contributed by atoms with Crippen LogP contribution in [0.5, 0.6) is 0 Å². The Hall–Kier alpha value is 1.39. The van der Waals surface area contributed by atoms with Gasteiger partial charge in [0.25, 0.3) is 0 Å². The fourth-order valence-electron chi connectivity index (χ4n) is 0. The summed E-state index contributed by atoms with van der Waals surface area (Å²) in [6.45, 7) is 0. The average molecular weight is 169 g/mol. The Bertz CT molecular complexity index is 18.8. The van der Waals surface area contributed by atoms with Gasteiger partial charge in [0, 0.05) is 0 Å². The van der Waals surface area contributed by atoms with Crippen LogP contribution in [0.1, 0.15) is 2.85 Å². The first-order valence-corrected chi connectivity index (χ1v) is 0.775. The SMILES string of the molecule is O.OB(O)O.[H-].[H-].[Sr+2]. The fraction of sp³-hybridized carbons (Fsp3) is 0. The van der Waals surface area contributed by atoms with Crippen molar-refractivity contribution in [1.82, 2.24) is 0 Å². The monoisotopic (exact) mass is 170 g/mol. The van der Waals surface area contributed by atoms with E-state index in [1.54, 1.807) is 0 Å². The van der Waals surface area contributed by atoms with E-state index in [4.69, 9.17) is 15.1 Å². The van der Waals surface area contributed by atoms with Crippen LogP contribution in [0.25, 0.3) is 0 Å². The van der Waals surface area contributed by atoms with Gasteiger partial charge < -0.3 is 23.4 Å². The molecule has 0 amide bonds. The predicted molar refractivity (Wildman–Crippen MR) is 24.0 cm³/mol. The number of hydrogen-bond acceptors (Lipinski definition) is 3. The molecule has 5 N–H and O–H groups in total. The van der Waals surface area contributed by atoms with Gasteiger partial charge in [-0.2, -0.15) is 0 Å². The molecule has 0 atom stereocenters. The summed E-state index contributed by atoms with van der Waals surface area (Å²) in [7, 11) is -2.17. The molecule has 0 saturated carbocycles. The molecule has 0 bridgehead atoms. The topological polar surface area (TPSA) is 92.2 Å². The summed E-state index contributed by atoms with van der Waals surface area (Å²) in [5.74, 6) is 0. The van der Waals surface area contributed by atoms with Crippen molar-refractivity contribution in [3.8, 4) is 0 Å². The van der Waals surface area contributed by atoms with Crippen molar-refractivity contribution < 1.29 is 23.4 Å². The quantitative estimate of drug-likeness (QED) is 0.337. The van der Waals surface area contributed by atoms with Gasteiger partial charge in [-0.15, -0.1) is 0 Å². The maximum Gasteiger partial charge on any atom is 2.00 e. The summed E-state index contributed by atoms with van der Waals surface area (Å²) in [5.41, 5.74) is 0. The molecule has 0 unspecified atom stereocenters. The van der Waals surface area contributed by atoms with Gasteiger partial charge in [0.1, 0.15) is 0 Å². The zero-order valence-electron chi connectivity index (χ0n) is 5.13. The van der Waals surface area contributed by atoms with Crippen LogP contribution in [0, 0.1) is 0 Å². The van der Waals surface area contributed by atoms with Gasteiger partial charge in [-0.25, -0.2) is 0 Å². The van der Waals surface area contributed by atoms with Crippen molar-refractivity contribution in [2.45, 2.75) is 0 Å². The van der Waals surface area contributed by atoms with Gasteiger partial charge in [-0.1, -0.05) is 0 Å². The van der Waals surface area contributed by atoms with Crippen molar-refractivity contribution in [2.75, 3.05) is 0 Å². The van der Waals surface area contributed by atoms with Crippen LogP contribution in [-0.4, -0.2) is 73.4 Å². The van der Waals surface area contributed by atoms with E-state index in [1.165, 1.54) is 0 Å². The van der Waals surface area contributed by atoms with Gasteiger partial charge in [0.05, 0.1) is 0 Å². The first kappa shape index (κ1) is 15.7. The minimum absolute atomic E-state index is 0. The Morgan fingerprint density at radius 2 is 1.17 bits per heavy atom. The van der Waals surface area contributed by atoms with E-state index in [9.17, 15) is 0 Å². The summed E-state index contributed by atoms with van der Waals surface area (Å²) in [6, 6.07) is 0. The summed E-state index contributed by atoms with van der Waals surface area (Å²) >= 11 is 0. The molecule has 0 aliphatic carbocycles. The van der Waals surface area contributed by atoms with E-state index in [1.807, 2.05) is 0 Å². The molecular formula is H7BO4Sr. The Kier molecular flexibility index (Phi) is 25.1. The molecule has 6 heavy (non-hydrogen) atoms. The summed E-state index contributed by atoms with van der Waals surface area (Å²) in [5, 5.41) is 21.5. The third-order valence-corrected chi connectivity index (χ3v) is 0. The number of rotatable bonds is 0. The van der Waals surface area contributed by atoms with Crippen molar-refractivity contribution >= 4 is 52.8 Å². The Labute approximate surface area is 75.5 Å². The molecule has 0 aliphatic rings. The van der Waals surface area contributed by atoms with Crippen LogP contribution in [0.15, 0.2) is 0 Å². The summed E-state index contributed by atoms with van der Waals surface area (Å²) in [6.07, 6.45) is 0. The zero-order chi connectivity index (χ0) is 3.58. The summed E-state index contributed by atoms with van der Waals surface area (Å²) < 4.78 is 0. The van der Waals surface area contributed by atoms with Crippen molar-refractivity contribution in [1.29, 1.82) is 0 Å². The molecule has 0 rings (SSSR count). The molecule has 4 nitrogen and oxygen atoms in total. The van der Waals surface area contributed by atoms with Gasteiger partial charge in [-0.05, 0) is 0 Å². The van der Waals surface area contributed by atoms with Crippen LogP contribution < -0.4 is 0 Å². The molecule has 6 heteroatoms. The Balaban J connectivity index is -0.00000000750. The third kappa shape index (κ3) is 54.0. The standard InChI is InChI=1S/BH3O3.H2O.Sr.2H/c2-1(3)4;;;;/h2-4H;1H2;;;/q;;+2;2*-1. The molecule has 0 spiro atoms. The first-order chi connectivity index (χ1) is 1.73. The van der Waals surface area contributed by atoms with E-state index in [0.717, 1.165) is 0 Å². The normalized spacial score (nSPS) is 4.50. The summed E-state index contributed by atoms with van der Waals surface area (Å²) in [4.78, 5) is 0. The molecule has 0 aromatic heterocycles. The molecule has 0 aromatic carbocycles. The second-order valence-electron chi connectivity index (χ2n) is 0.346. The Morgan fingerprint density at radius 1 is 1.17 bits per heavy atom. The van der Waals surface area contributed by atoms with Crippen LogP contribution >= 0.6 is 0 Å². The maximum absolute atomic E-state index is 7.17. The van der Waals surface area contributed by atoms with Crippen molar-refractivity contribution in [2.24, 2.45) is 0 Å². The fourth-order valence-corrected chi connectivity index (χ4v) is 0. The van der Waals surface area contributed by atoms with E-state index in [-0.39, 0.29) is 53.8 Å². The molecule has 0 aromatic rings. The second kappa shape index (κ2) is 9.63. The largest absolute Gasteiger partial charge is 2.00 e. The van der Waals surface area contributed by atoms with Crippen LogP contribution in [-0.2, 0) is 0 Å². The van der Waals surface area contributed by atoms with Gasteiger partial charge >= 0.3 is 52.8 Å². The van der Waals surface area contributed by atoms with E-state index in [2.05, 4.69) is 0 Å². The van der Waals surface area contributed by atoms with E-state index in [0.29, 0.717) is 0 Å². The van der Waals surface area contributed by atoms with E-state index < -0.39 is 7.32 Å². The van der Waals surface area contributed by atoms with Crippen LogP contribution in [0.3, 0.4) is 0 Å². The average Bonchev–Trinajstić information content (AvgIpc) is 0.811. The maximum atomic E-state index is 7.17. The van der Waals surface area contributed by atoms with Crippen LogP contribution in [0.4, 0.5) is 0 Å². The Morgan fingerprint density at radius 3 is 1.17 bits per heavy atom. The second-order valence-corrected chi connectivity index (χ2v) is 0.346. The molecular weight excluding hydrogens is 162 g/mol.